The van der Waals surface area contributed by atoms with E-state index < -0.39 is 5.91 Å². The summed E-state index contributed by atoms with van der Waals surface area (Å²) in [6, 6.07) is 19.0. The molecule has 0 aliphatic carbocycles. The standard InChI is InChI=1S/C33H32N4O5S/c1-5-7-22-10-14-26(28(19-22)39-4)41-16-17-42-27-15-11-23(20-29(27)40-6-2)18-25-30(34)37-33(35-31(25)38)43-32(36-37)24-12-8-21(3)9-13-24/h5,8-15,18-20,34H,1,6-7,16-17H2,2-4H3/b25-18+,34-30?. The number of thioether (sulfide) groups is 1. The number of amides is 1. The van der Waals surface area contributed by atoms with Crippen molar-refractivity contribution in [2.24, 2.45) is 10.1 Å². The lowest BCUT2D eigenvalue weighted by atomic mass is 10.1. The van der Waals surface area contributed by atoms with Crippen molar-refractivity contribution in [1.29, 1.82) is 5.41 Å². The number of benzene rings is 3. The molecule has 0 saturated carbocycles. The van der Waals surface area contributed by atoms with Crippen molar-refractivity contribution in [3.63, 3.8) is 0 Å². The largest absolute Gasteiger partial charge is 0.493 e. The second kappa shape index (κ2) is 13.4. The lowest BCUT2D eigenvalue weighted by molar-refractivity contribution is -0.114. The van der Waals surface area contributed by atoms with Crippen LogP contribution >= 0.6 is 11.8 Å². The maximum Gasteiger partial charge on any atom is 0.283 e. The first-order chi connectivity index (χ1) is 20.9. The van der Waals surface area contributed by atoms with Gasteiger partial charge in [0, 0.05) is 5.56 Å². The highest BCUT2D eigenvalue weighted by atomic mass is 32.2. The second-order valence-corrected chi connectivity index (χ2v) is 10.6. The van der Waals surface area contributed by atoms with Crippen molar-refractivity contribution >= 4 is 39.8 Å². The molecule has 3 aromatic rings. The Morgan fingerprint density at radius 3 is 2.37 bits per heavy atom. The molecular formula is C33H32N4O5S. The van der Waals surface area contributed by atoms with E-state index in [1.807, 2.05) is 62.4 Å². The molecule has 2 aliphatic rings. The molecule has 1 amide bonds. The number of aliphatic imine (C=N–C) groups is 1. The van der Waals surface area contributed by atoms with E-state index in [-0.39, 0.29) is 18.0 Å². The molecule has 220 valence electrons. The van der Waals surface area contributed by atoms with Gasteiger partial charge in [-0.05, 0) is 73.5 Å². The Bertz CT molecular complexity index is 1650. The van der Waals surface area contributed by atoms with Gasteiger partial charge in [0.1, 0.15) is 18.3 Å². The summed E-state index contributed by atoms with van der Waals surface area (Å²) in [5.74, 6) is 1.80. The van der Waals surface area contributed by atoms with Gasteiger partial charge in [-0.3, -0.25) is 10.2 Å². The number of rotatable bonds is 12. The van der Waals surface area contributed by atoms with E-state index in [0.29, 0.717) is 52.0 Å². The number of amidine groups is 2. The fraction of sp³-hybridized carbons (Fsp3) is 0.212. The van der Waals surface area contributed by atoms with Gasteiger partial charge < -0.3 is 18.9 Å². The average molecular weight is 597 g/mol. The van der Waals surface area contributed by atoms with E-state index in [4.69, 9.17) is 24.4 Å². The van der Waals surface area contributed by atoms with Crippen molar-refractivity contribution in [2.45, 2.75) is 20.3 Å². The van der Waals surface area contributed by atoms with Crippen LogP contribution in [0, 0.1) is 12.3 Å². The highest BCUT2D eigenvalue weighted by Crippen LogP contribution is 2.33. The third-order valence-corrected chi connectivity index (χ3v) is 7.50. The molecule has 0 radical (unpaired) electrons. The molecular weight excluding hydrogens is 564 g/mol. The Kier molecular flexibility index (Phi) is 9.26. The number of allylic oxidation sites excluding steroid dienone is 1. The number of carbonyl (C=O) groups is 1. The van der Waals surface area contributed by atoms with Crippen molar-refractivity contribution < 1.29 is 23.7 Å². The summed E-state index contributed by atoms with van der Waals surface area (Å²) in [6.07, 6.45) is 4.20. The zero-order valence-electron chi connectivity index (χ0n) is 24.3. The third kappa shape index (κ3) is 6.81. The van der Waals surface area contributed by atoms with Gasteiger partial charge in [0.25, 0.3) is 5.91 Å². The van der Waals surface area contributed by atoms with Crippen molar-refractivity contribution in [3.05, 3.63) is 101 Å². The maximum absolute atomic E-state index is 12.9. The van der Waals surface area contributed by atoms with Gasteiger partial charge in [0.2, 0.25) is 5.17 Å². The molecule has 0 atom stereocenters. The minimum Gasteiger partial charge on any atom is -0.493 e. The monoisotopic (exact) mass is 596 g/mol. The van der Waals surface area contributed by atoms with Crippen molar-refractivity contribution in [3.8, 4) is 23.0 Å². The first-order valence-corrected chi connectivity index (χ1v) is 14.6. The molecule has 0 spiro atoms. The molecule has 0 bridgehead atoms. The number of hydrazone groups is 1. The third-order valence-electron chi connectivity index (χ3n) is 6.54. The minimum absolute atomic E-state index is 0.0343. The number of hydrogen-bond donors (Lipinski definition) is 1. The zero-order chi connectivity index (χ0) is 30.3. The summed E-state index contributed by atoms with van der Waals surface area (Å²) < 4.78 is 23.1. The molecule has 9 nitrogen and oxygen atoms in total. The Balaban J connectivity index is 1.27. The van der Waals surface area contributed by atoms with Crippen LogP contribution in [0.2, 0.25) is 0 Å². The van der Waals surface area contributed by atoms with Crippen LogP contribution in [0.3, 0.4) is 0 Å². The molecule has 10 heteroatoms. The summed E-state index contributed by atoms with van der Waals surface area (Å²) in [5, 5.41) is 15.7. The van der Waals surface area contributed by atoms with Crippen LogP contribution < -0.4 is 18.9 Å². The number of hydrogen-bond acceptors (Lipinski definition) is 8. The molecule has 0 fully saturated rings. The van der Waals surface area contributed by atoms with Gasteiger partial charge in [-0.2, -0.15) is 15.1 Å². The summed E-state index contributed by atoms with van der Waals surface area (Å²) in [6.45, 7) is 8.65. The van der Waals surface area contributed by atoms with E-state index in [9.17, 15) is 4.79 Å². The van der Waals surface area contributed by atoms with Gasteiger partial charge in [-0.15, -0.1) is 6.58 Å². The van der Waals surface area contributed by atoms with Crippen molar-refractivity contribution in [2.75, 3.05) is 26.9 Å². The van der Waals surface area contributed by atoms with Crippen LogP contribution in [-0.2, 0) is 11.2 Å². The molecule has 0 saturated heterocycles. The number of fused-ring (bicyclic) bond motifs is 1. The SMILES string of the molecule is C=CCc1ccc(OCCOc2ccc(/C=C3\C(=N)N4N=C(c5ccc(C)cc5)SC4=NC3=O)cc2OCC)c(OC)c1. The highest BCUT2D eigenvalue weighted by molar-refractivity contribution is 8.27. The number of ether oxygens (including phenoxy) is 4. The Labute approximate surface area is 255 Å². The zero-order valence-corrected chi connectivity index (χ0v) is 25.1. The highest BCUT2D eigenvalue weighted by Gasteiger charge is 2.36. The maximum atomic E-state index is 12.9. The van der Waals surface area contributed by atoms with Crippen LogP contribution in [-0.4, -0.2) is 53.9 Å². The first-order valence-electron chi connectivity index (χ1n) is 13.8. The topological polar surface area (TPSA) is 106 Å². The number of carbonyl (C=O) groups excluding carboxylic acids is 1. The van der Waals surface area contributed by atoms with Crippen LogP contribution in [0.1, 0.15) is 29.2 Å². The number of methoxy groups -OCH3 is 1. The molecule has 5 rings (SSSR count). The molecule has 1 N–H and O–H groups in total. The van der Waals surface area contributed by atoms with E-state index in [0.717, 1.165) is 23.1 Å². The number of nitrogens with one attached hydrogen (secondary N) is 1. The number of nitrogens with zero attached hydrogens (tertiary/aromatic N) is 3. The van der Waals surface area contributed by atoms with Crippen LogP contribution in [0.15, 0.2) is 89.0 Å². The van der Waals surface area contributed by atoms with E-state index in [1.165, 1.54) is 16.8 Å². The van der Waals surface area contributed by atoms with Gasteiger partial charge in [0.05, 0.1) is 19.3 Å². The minimum atomic E-state index is -0.493. The van der Waals surface area contributed by atoms with Crippen molar-refractivity contribution in [1.82, 2.24) is 5.01 Å². The Morgan fingerprint density at radius 1 is 0.953 bits per heavy atom. The van der Waals surface area contributed by atoms with E-state index in [1.54, 1.807) is 31.4 Å². The summed E-state index contributed by atoms with van der Waals surface area (Å²) in [5.41, 5.74) is 3.93. The second-order valence-electron chi connectivity index (χ2n) is 9.61. The van der Waals surface area contributed by atoms with Gasteiger partial charge in [-0.1, -0.05) is 48.0 Å². The molecule has 2 aliphatic heterocycles. The summed E-state index contributed by atoms with van der Waals surface area (Å²) >= 11 is 1.27. The molecule has 0 unspecified atom stereocenters. The number of aryl methyl sites for hydroxylation is 1. The van der Waals surface area contributed by atoms with E-state index >= 15 is 0 Å². The van der Waals surface area contributed by atoms with Crippen LogP contribution in [0.4, 0.5) is 0 Å². The van der Waals surface area contributed by atoms with Gasteiger partial charge in [-0.25, -0.2) is 0 Å². The van der Waals surface area contributed by atoms with E-state index in [2.05, 4.69) is 16.7 Å². The Hall–Kier alpha value is -4.83. The average Bonchev–Trinajstić information content (AvgIpc) is 3.43. The Morgan fingerprint density at radius 2 is 1.67 bits per heavy atom. The van der Waals surface area contributed by atoms with Crippen LogP contribution in [0.5, 0.6) is 23.0 Å². The molecule has 43 heavy (non-hydrogen) atoms. The summed E-state index contributed by atoms with van der Waals surface area (Å²) in [7, 11) is 1.61. The predicted octanol–water partition coefficient (Wildman–Crippen LogP) is 6.26. The normalized spacial score (nSPS) is 15.1. The summed E-state index contributed by atoms with van der Waals surface area (Å²) in [4.78, 5) is 17.1. The fourth-order valence-electron chi connectivity index (χ4n) is 4.40. The van der Waals surface area contributed by atoms with Crippen LogP contribution in [0.25, 0.3) is 6.08 Å². The van der Waals surface area contributed by atoms with Gasteiger partial charge >= 0.3 is 0 Å². The lowest BCUT2D eigenvalue weighted by Gasteiger charge is -2.20. The molecule has 0 aromatic heterocycles. The quantitative estimate of drug-likeness (QED) is 0.150. The van der Waals surface area contributed by atoms with Gasteiger partial charge in [0.15, 0.2) is 28.8 Å². The lowest BCUT2D eigenvalue weighted by Crippen LogP contribution is -2.35. The first kappa shape index (κ1) is 29.7. The fourth-order valence-corrected chi connectivity index (χ4v) is 5.30. The molecule has 3 aromatic carbocycles. The smallest absolute Gasteiger partial charge is 0.283 e. The predicted molar refractivity (Wildman–Crippen MR) is 171 cm³/mol. The molecule has 2 heterocycles.